The number of hydrogen-bond acceptors (Lipinski definition) is 4. The van der Waals surface area contributed by atoms with Crippen LogP contribution >= 0.6 is 0 Å². The Labute approximate surface area is 172 Å². The highest BCUT2D eigenvalue weighted by Gasteiger charge is 2.32. The van der Waals surface area contributed by atoms with Crippen LogP contribution in [0.15, 0.2) is 53.4 Å². The van der Waals surface area contributed by atoms with Crippen molar-refractivity contribution < 1.29 is 17.9 Å². The number of methoxy groups -OCH3 is 1. The highest BCUT2D eigenvalue weighted by Crippen LogP contribution is 2.27. The molecule has 3 rings (SSSR count). The topological polar surface area (TPSA) is 75.7 Å². The maximum atomic E-state index is 13.0. The Balaban J connectivity index is 1.61. The SMILES string of the molecule is COc1ccc(S(=O)(=O)N2CCC(C(=O)N[C@H](C)c3ccccc3)CC2)cc1C. The summed E-state index contributed by atoms with van der Waals surface area (Å²) in [5, 5.41) is 3.05. The van der Waals surface area contributed by atoms with Crippen molar-refractivity contribution in [2.75, 3.05) is 20.2 Å². The lowest BCUT2D eigenvalue weighted by atomic mass is 9.96. The number of carbonyl (C=O) groups is 1. The summed E-state index contributed by atoms with van der Waals surface area (Å²) in [6, 6.07) is 14.6. The van der Waals surface area contributed by atoms with Crippen molar-refractivity contribution in [3.63, 3.8) is 0 Å². The van der Waals surface area contributed by atoms with Crippen molar-refractivity contribution in [1.29, 1.82) is 0 Å². The number of aryl methyl sites for hydroxylation is 1. The fourth-order valence-corrected chi connectivity index (χ4v) is 5.23. The Morgan fingerprint density at radius 1 is 1.14 bits per heavy atom. The van der Waals surface area contributed by atoms with Gasteiger partial charge in [-0.3, -0.25) is 4.79 Å². The average Bonchev–Trinajstić information content (AvgIpc) is 2.74. The Bertz CT molecular complexity index is 952. The molecule has 1 heterocycles. The molecule has 7 heteroatoms. The van der Waals surface area contributed by atoms with Gasteiger partial charge in [-0.2, -0.15) is 4.31 Å². The third-order valence-electron chi connectivity index (χ3n) is 5.49. The quantitative estimate of drug-likeness (QED) is 0.784. The van der Waals surface area contributed by atoms with Crippen LogP contribution < -0.4 is 10.1 Å². The summed E-state index contributed by atoms with van der Waals surface area (Å²) in [7, 11) is -2.02. The number of benzene rings is 2. The fraction of sp³-hybridized carbons (Fsp3) is 0.409. The van der Waals surface area contributed by atoms with Gasteiger partial charge in [0.15, 0.2) is 0 Å². The van der Waals surface area contributed by atoms with Gasteiger partial charge in [-0.1, -0.05) is 30.3 Å². The molecule has 29 heavy (non-hydrogen) atoms. The summed E-state index contributed by atoms with van der Waals surface area (Å²) in [6.07, 6.45) is 1.03. The van der Waals surface area contributed by atoms with E-state index in [9.17, 15) is 13.2 Å². The lowest BCUT2D eigenvalue weighted by Gasteiger charge is -2.31. The molecule has 1 atom stereocenters. The van der Waals surface area contributed by atoms with Gasteiger partial charge in [0.05, 0.1) is 18.0 Å². The third kappa shape index (κ3) is 4.79. The van der Waals surface area contributed by atoms with Crippen LogP contribution in [0.1, 0.15) is 36.9 Å². The second-order valence-electron chi connectivity index (χ2n) is 7.45. The lowest BCUT2D eigenvalue weighted by Crippen LogP contribution is -2.43. The number of carbonyl (C=O) groups excluding carboxylic acids is 1. The highest BCUT2D eigenvalue weighted by molar-refractivity contribution is 7.89. The Kier molecular flexibility index (Phi) is 6.59. The summed E-state index contributed by atoms with van der Waals surface area (Å²) < 4.78 is 32.6. The third-order valence-corrected chi connectivity index (χ3v) is 7.38. The van der Waals surface area contributed by atoms with Crippen molar-refractivity contribution in [2.24, 2.45) is 5.92 Å². The van der Waals surface area contributed by atoms with Crippen molar-refractivity contribution in [3.8, 4) is 5.75 Å². The van der Waals surface area contributed by atoms with Gasteiger partial charge >= 0.3 is 0 Å². The molecule has 1 fully saturated rings. The first-order valence-electron chi connectivity index (χ1n) is 9.83. The van der Waals surface area contributed by atoms with E-state index in [4.69, 9.17) is 4.74 Å². The van der Waals surface area contributed by atoms with E-state index in [1.807, 2.05) is 44.2 Å². The average molecular weight is 417 g/mol. The zero-order valence-electron chi connectivity index (χ0n) is 17.1. The van der Waals surface area contributed by atoms with E-state index in [2.05, 4.69) is 5.32 Å². The lowest BCUT2D eigenvalue weighted by molar-refractivity contribution is -0.126. The minimum atomic E-state index is -3.58. The molecule has 6 nitrogen and oxygen atoms in total. The molecule has 2 aromatic rings. The first-order chi connectivity index (χ1) is 13.8. The number of ether oxygens (including phenoxy) is 1. The van der Waals surface area contributed by atoms with E-state index < -0.39 is 10.0 Å². The Hall–Kier alpha value is -2.38. The van der Waals surface area contributed by atoms with Gasteiger partial charge in [-0.25, -0.2) is 8.42 Å². The van der Waals surface area contributed by atoms with Crippen LogP contribution in [0.5, 0.6) is 5.75 Å². The molecular formula is C22H28N2O4S. The minimum absolute atomic E-state index is 0.0151. The molecule has 0 spiro atoms. The predicted molar refractivity (Wildman–Crippen MR) is 112 cm³/mol. The van der Waals surface area contributed by atoms with Gasteiger partial charge in [0.1, 0.15) is 5.75 Å². The van der Waals surface area contributed by atoms with E-state index in [1.54, 1.807) is 25.3 Å². The van der Waals surface area contributed by atoms with Crippen molar-refractivity contribution >= 4 is 15.9 Å². The first-order valence-corrected chi connectivity index (χ1v) is 11.3. The number of nitrogens with zero attached hydrogens (tertiary/aromatic N) is 1. The molecule has 2 aromatic carbocycles. The van der Waals surface area contributed by atoms with E-state index in [-0.39, 0.29) is 22.8 Å². The summed E-state index contributed by atoms with van der Waals surface area (Å²) >= 11 is 0. The van der Waals surface area contributed by atoms with Crippen LogP contribution in [-0.4, -0.2) is 38.8 Å². The van der Waals surface area contributed by atoms with Gasteiger partial charge in [-0.05, 0) is 56.0 Å². The van der Waals surface area contributed by atoms with Gasteiger partial charge < -0.3 is 10.1 Å². The summed E-state index contributed by atoms with van der Waals surface area (Å²) in [5.41, 5.74) is 1.83. The van der Waals surface area contributed by atoms with Gasteiger partial charge in [-0.15, -0.1) is 0 Å². The minimum Gasteiger partial charge on any atom is -0.496 e. The van der Waals surface area contributed by atoms with Crippen LogP contribution in [0.25, 0.3) is 0 Å². The summed E-state index contributed by atoms with van der Waals surface area (Å²) in [6.45, 7) is 4.46. The van der Waals surface area contributed by atoms with Crippen molar-refractivity contribution in [2.45, 2.75) is 37.6 Å². The molecule has 0 radical (unpaired) electrons. The van der Waals surface area contributed by atoms with Crippen molar-refractivity contribution in [3.05, 3.63) is 59.7 Å². The van der Waals surface area contributed by atoms with E-state index >= 15 is 0 Å². The van der Waals surface area contributed by atoms with Crippen LogP contribution in [0, 0.1) is 12.8 Å². The molecule has 1 saturated heterocycles. The van der Waals surface area contributed by atoms with Gasteiger partial charge in [0, 0.05) is 19.0 Å². The highest BCUT2D eigenvalue weighted by atomic mass is 32.2. The molecule has 0 bridgehead atoms. The molecule has 156 valence electrons. The smallest absolute Gasteiger partial charge is 0.243 e. The standard InChI is InChI=1S/C22H28N2O4S/c1-16-15-20(9-10-21(16)28-3)29(26,27)24-13-11-19(12-14-24)22(25)23-17(2)18-7-5-4-6-8-18/h4-10,15,17,19H,11-14H2,1-3H3,(H,23,25)/t17-/m1/s1. The second-order valence-corrected chi connectivity index (χ2v) is 9.39. The molecule has 0 unspecified atom stereocenters. The molecule has 0 saturated carbocycles. The van der Waals surface area contributed by atoms with Crippen LogP contribution in [0.3, 0.4) is 0 Å². The predicted octanol–water partition coefficient (Wildman–Crippen LogP) is 3.28. The van der Waals surface area contributed by atoms with E-state index in [1.165, 1.54) is 4.31 Å². The van der Waals surface area contributed by atoms with Gasteiger partial charge in [0.2, 0.25) is 15.9 Å². The molecule has 0 aromatic heterocycles. The maximum absolute atomic E-state index is 13.0. The molecule has 0 aliphatic carbocycles. The summed E-state index contributed by atoms with van der Waals surface area (Å²) in [4.78, 5) is 12.9. The molecular weight excluding hydrogens is 388 g/mol. The normalized spacial score (nSPS) is 16.9. The summed E-state index contributed by atoms with van der Waals surface area (Å²) in [5.74, 6) is 0.468. The maximum Gasteiger partial charge on any atom is 0.243 e. The van der Waals surface area contributed by atoms with Crippen LogP contribution in [0.2, 0.25) is 0 Å². The first kappa shape index (κ1) is 21.3. The van der Waals surface area contributed by atoms with E-state index in [0.717, 1.165) is 11.1 Å². The number of nitrogens with one attached hydrogen (secondary N) is 1. The number of hydrogen-bond donors (Lipinski definition) is 1. The molecule has 1 aliphatic heterocycles. The number of amides is 1. The Morgan fingerprint density at radius 2 is 1.79 bits per heavy atom. The van der Waals surface area contributed by atoms with E-state index in [0.29, 0.717) is 31.7 Å². The van der Waals surface area contributed by atoms with Crippen LogP contribution in [-0.2, 0) is 14.8 Å². The second kappa shape index (κ2) is 8.97. The number of rotatable bonds is 6. The Morgan fingerprint density at radius 3 is 2.38 bits per heavy atom. The molecule has 1 amide bonds. The molecule has 1 aliphatic rings. The van der Waals surface area contributed by atoms with Crippen molar-refractivity contribution in [1.82, 2.24) is 9.62 Å². The molecule has 1 N–H and O–H groups in total. The van der Waals surface area contributed by atoms with Crippen LogP contribution in [0.4, 0.5) is 0 Å². The largest absolute Gasteiger partial charge is 0.496 e. The zero-order valence-corrected chi connectivity index (χ0v) is 17.9. The van der Waals surface area contributed by atoms with Gasteiger partial charge in [0.25, 0.3) is 0 Å². The monoisotopic (exact) mass is 416 g/mol. The number of piperidine rings is 1. The fourth-order valence-electron chi connectivity index (χ4n) is 3.68. The zero-order chi connectivity index (χ0) is 21.0. The number of sulfonamides is 1.